The number of anilines is 1. The fourth-order valence-electron chi connectivity index (χ4n) is 3.47. The number of aryl methyl sites for hydroxylation is 1. The number of aromatic amines is 1. The van der Waals surface area contributed by atoms with E-state index in [-0.39, 0.29) is 35.2 Å². The van der Waals surface area contributed by atoms with E-state index in [1.807, 2.05) is 0 Å². The third-order valence-corrected chi connectivity index (χ3v) is 5.08. The van der Waals surface area contributed by atoms with Crippen LogP contribution < -0.4 is 4.90 Å². The van der Waals surface area contributed by atoms with Crippen LogP contribution in [0, 0.1) is 12.7 Å². The first-order valence-electron chi connectivity index (χ1n) is 9.71. The van der Waals surface area contributed by atoms with Crippen molar-refractivity contribution in [3.63, 3.8) is 0 Å². The first-order chi connectivity index (χ1) is 15.3. The first-order valence-corrected chi connectivity index (χ1v) is 9.71. The molecule has 0 radical (unpaired) electrons. The van der Waals surface area contributed by atoms with Gasteiger partial charge in [0.05, 0.1) is 23.0 Å². The van der Waals surface area contributed by atoms with Gasteiger partial charge in [-0.25, -0.2) is 9.37 Å². The fraction of sp³-hybridized carbons (Fsp3) is 0.333. The average molecular weight is 476 g/mol. The van der Waals surface area contributed by atoms with Crippen LogP contribution in [-0.4, -0.2) is 33.1 Å². The zero-order valence-electron chi connectivity index (χ0n) is 17.4. The van der Waals surface area contributed by atoms with Gasteiger partial charge in [0.1, 0.15) is 17.9 Å². The van der Waals surface area contributed by atoms with Gasteiger partial charge in [0.15, 0.2) is 0 Å². The standard InChI is InChI=1S/C21H19F7N4O/c1-3-32(18-5-4-17(22)11(2)31-18)19(33)8-15-14(12-9-29-30-10-12)6-13(20(23,24)25)7-16(15)21(26,27)28/h4-7,9-10,19,33H,3,8H2,1-2H3,(H,29,30). The Kier molecular flexibility index (Phi) is 6.68. The molecule has 0 aliphatic rings. The molecule has 0 spiro atoms. The molecule has 178 valence electrons. The number of likely N-dealkylation sites (N-methyl/N-ethyl adjacent to an activating group) is 1. The summed E-state index contributed by atoms with van der Waals surface area (Å²) in [4.78, 5) is 5.23. The molecular weight excluding hydrogens is 457 g/mol. The molecule has 2 N–H and O–H groups in total. The highest BCUT2D eigenvalue weighted by atomic mass is 19.4. The minimum Gasteiger partial charge on any atom is -0.373 e. The molecule has 2 aromatic heterocycles. The van der Waals surface area contributed by atoms with Crippen molar-refractivity contribution in [2.75, 3.05) is 11.4 Å². The highest BCUT2D eigenvalue weighted by molar-refractivity contribution is 5.69. The maximum absolute atomic E-state index is 13.9. The molecule has 3 aromatic rings. The van der Waals surface area contributed by atoms with Crippen LogP contribution in [-0.2, 0) is 18.8 Å². The molecule has 12 heteroatoms. The summed E-state index contributed by atoms with van der Waals surface area (Å²) in [5.74, 6) is -0.497. The molecule has 33 heavy (non-hydrogen) atoms. The Morgan fingerprint density at radius 1 is 1.09 bits per heavy atom. The third kappa shape index (κ3) is 5.27. The summed E-state index contributed by atoms with van der Waals surface area (Å²) in [6.07, 6.45) is -10.2. The lowest BCUT2D eigenvalue weighted by molar-refractivity contribution is -0.143. The topological polar surface area (TPSA) is 65.0 Å². The fourth-order valence-corrected chi connectivity index (χ4v) is 3.47. The van der Waals surface area contributed by atoms with Gasteiger partial charge in [-0.3, -0.25) is 5.10 Å². The van der Waals surface area contributed by atoms with Gasteiger partial charge in [-0.05, 0) is 49.2 Å². The molecule has 1 aromatic carbocycles. The van der Waals surface area contributed by atoms with Gasteiger partial charge in [-0.2, -0.15) is 31.4 Å². The Bertz CT molecular complexity index is 1110. The van der Waals surface area contributed by atoms with Crippen molar-refractivity contribution in [1.29, 1.82) is 0 Å². The van der Waals surface area contributed by atoms with Crippen molar-refractivity contribution in [2.45, 2.75) is 38.8 Å². The molecular formula is C21H19F7N4O. The number of hydrogen-bond acceptors (Lipinski definition) is 4. The first kappa shape index (κ1) is 24.5. The number of rotatable bonds is 6. The minimum atomic E-state index is -5.13. The van der Waals surface area contributed by atoms with E-state index in [0.29, 0.717) is 6.07 Å². The number of hydrogen-bond donors (Lipinski definition) is 2. The summed E-state index contributed by atoms with van der Waals surface area (Å²) in [7, 11) is 0. The average Bonchev–Trinajstić information content (AvgIpc) is 3.24. The molecule has 0 fully saturated rings. The molecule has 0 aliphatic heterocycles. The van der Waals surface area contributed by atoms with E-state index in [0.717, 1.165) is 18.5 Å². The van der Waals surface area contributed by atoms with Crippen molar-refractivity contribution in [3.05, 3.63) is 64.9 Å². The number of pyridine rings is 1. The van der Waals surface area contributed by atoms with Gasteiger partial charge < -0.3 is 10.0 Å². The lowest BCUT2D eigenvalue weighted by atomic mass is 9.91. The monoisotopic (exact) mass is 476 g/mol. The largest absolute Gasteiger partial charge is 0.416 e. The second-order valence-electron chi connectivity index (χ2n) is 7.24. The zero-order chi connectivity index (χ0) is 24.6. The summed E-state index contributed by atoms with van der Waals surface area (Å²) in [5.41, 5.74) is -3.90. The second-order valence-corrected chi connectivity index (χ2v) is 7.24. The van der Waals surface area contributed by atoms with Gasteiger partial charge in [0.2, 0.25) is 0 Å². The lowest BCUT2D eigenvalue weighted by Gasteiger charge is -2.30. The van der Waals surface area contributed by atoms with Gasteiger partial charge >= 0.3 is 12.4 Å². The number of halogens is 7. The normalized spacial score (nSPS) is 13.3. The van der Waals surface area contributed by atoms with Crippen LogP contribution in [0.4, 0.5) is 36.6 Å². The Hall–Kier alpha value is -3.15. The Morgan fingerprint density at radius 2 is 1.79 bits per heavy atom. The summed E-state index contributed by atoms with van der Waals surface area (Å²) in [6, 6.07) is 2.98. The Labute approximate surface area is 183 Å². The predicted molar refractivity (Wildman–Crippen MR) is 106 cm³/mol. The summed E-state index contributed by atoms with van der Waals surface area (Å²) in [5, 5.41) is 16.8. The van der Waals surface area contributed by atoms with Gasteiger partial charge in [0.25, 0.3) is 0 Å². The SMILES string of the molecule is CCN(c1ccc(F)c(C)n1)C(O)Cc1c(-c2cn[nH]c2)cc(C(F)(F)F)cc1C(F)(F)F. The highest BCUT2D eigenvalue weighted by Crippen LogP contribution is 2.42. The highest BCUT2D eigenvalue weighted by Gasteiger charge is 2.40. The summed E-state index contributed by atoms with van der Waals surface area (Å²) >= 11 is 0. The van der Waals surface area contributed by atoms with E-state index < -0.39 is 47.5 Å². The molecule has 1 atom stereocenters. The molecule has 5 nitrogen and oxygen atoms in total. The van der Waals surface area contributed by atoms with Crippen LogP contribution in [0.25, 0.3) is 11.1 Å². The van der Waals surface area contributed by atoms with Crippen molar-refractivity contribution >= 4 is 5.82 Å². The molecule has 0 aliphatic carbocycles. The van der Waals surface area contributed by atoms with Crippen LogP contribution in [0.1, 0.15) is 29.3 Å². The number of benzene rings is 1. The minimum absolute atomic E-state index is 0.00685. The van der Waals surface area contributed by atoms with Crippen LogP contribution in [0.3, 0.4) is 0 Å². The summed E-state index contributed by atoms with van der Waals surface area (Å²) < 4.78 is 95.2. The van der Waals surface area contributed by atoms with Crippen LogP contribution in [0.2, 0.25) is 0 Å². The van der Waals surface area contributed by atoms with Crippen molar-refractivity contribution < 1.29 is 35.8 Å². The molecule has 2 heterocycles. The van der Waals surface area contributed by atoms with E-state index in [4.69, 9.17) is 0 Å². The van der Waals surface area contributed by atoms with Crippen molar-refractivity contribution in [1.82, 2.24) is 15.2 Å². The van der Waals surface area contributed by atoms with Gasteiger partial charge in [0, 0.05) is 24.7 Å². The molecule has 0 saturated carbocycles. The molecule has 0 saturated heterocycles. The lowest BCUT2D eigenvalue weighted by Crippen LogP contribution is -2.38. The zero-order valence-corrected chi connectivity index (χ0v) is 17.4. The van der Waals surface area contributed by atoms with Crippen LogP contribution in [0.5, 0.6) is 0 Å². The number of nitrogens with one attached hydrogen (secondary N) is 1. The van der Waals surface area contributed by atoms with E-state index >= 15 is 0 Å². The predicted octanol–water partition coefficient (Wildman–Crippen LogP) is 5.34. The van der Waals surface area contributed by atoms with E-state index in [1.54, 1.807) is 6.92 Å². The van der Waals surface area contributed by atoms with Crippen molar-refractivity contribution in [2.24, 2.45) is 0 Å². The number of nitrogens with zero attached hydrogens (tertiary/aromatic N) is 3. The molecule has 0 amide bonds. The van der Waals surface area contributed by atoms with Gasteiger partial charge in [-0.1, -0.05) is 0 Å². The van der Waals surface area contributed by atoms with Crippen LogP contribution in [0.15, 0.2) is 36.7 Å². The number of H-pyrrole nitrogens is 1. The maximum atomic E-state index is 13.9. The number of aromatic nitrogens is 3. The van der Waals surface area contributed by atoms with E-state index in [1.165, 1.54) is 17.9 Å². The maximum Gasteiger partial charge on any atom is 0.416 e. The van der Waals surface area contributed by atoms with E-state index in [9.17, 15) is 35.8 Å². The number of aliphatic hydroxyl groups excluding tert-OH is 1. The van der Waals surface area contributed by atoms with Crippen LogP contribution >= 0.6 is 0 Å². The molecule has 3 rings (SSSR count). The number of aliphatic hydroxyl groups is 1. The molecule has 0 bridgehead atoms. The van der Waals surface area contributed by atoms with E-state index in [2.05, 4.69) is 15.2 Å². The second kappa shape index (κ2) is 9.00. The summed E-state index contributed by atoms with van der Waals surface area (Å²) in [6.45, 7) is 3.06. The Balaban J connectivity index is 2.14. The van der Waals surface area contributed by atoms with Crippen molar-refractivity contribution in [3.8, 4) is 11.1 Å². The quantitative estimate of drug-likeness (QED) is 0.372. The third-order valence-electron chi connectivity index (χ3n) is 5.08. The molecule has 1 unspecified atom stereocenters. The number of alkyl halides is 6. The van der Waals surface area contributed by atoms with Gasteiger partial charge in [-0.15, -0.1) is 0 Å². The smallest absolute Gasteiger partial charge is 0.373 e. The Morgan fingerprint density at radius 3 is 2.30 bits per heavy atom.